The summed E-state index contributed by atoms with van der Waals surface area (Å²) in [4.78, 5) is 10.4. The number of hydrogen-bond acceptors (Lipinski definition) is 2. The summed E-state index contributed by atoms with van der Waals surface area (Å²) in [6, 6.07) is 0.246. The molecule has 0 atom stereocenters. The molecule has 1 aliphatic carbocycles. The first kappa shape index (κ1) is 11.4. The van der Waals surface area contributed by atoms with E-state index in [0.29, 0.717) is 0 Å². The molecule has 0 heterocycles. The Morgan fingerprint density at radius 1 is 1.36 bits per heavy atom. The van der Waals surface area contributed by atoms with E-state index in [4.69, 9.17) is 10.8 Å². The smallest absolute Gasteiger partial charge is 1.00 e. The van der Waals surface area contributed by atoms with Gasteiger partial charge in [0.15, 0.2) is 0 Å². The van der Waals surface area contributed by atoms with Crippen molar-refractivity contribution in [2.75, 3.05) is 0 Å². The first-order valence-electron chi connectivity index (χ1n) is 3.68. The zero-order valence-electron chi connectivity index (χ0n) is 7.92. The Morgan fingerprint density at radius 3 is 2.18 bits per heavy atom. The summed E-state index contributed by atoms with van der Waals surface area (Å²) in [6.45, 7) is 0. The summed E-state index contributed by atoms with van der Waals surface area (Å²) in [5, 5.41) is 8.58. The van der Waals surface area contributed by atoms with Crippen molar-refractivity contribution in [1.82, 2.24) is 0 Å². The average molecular weight is 167 g/mol. The van der Waals surface area contributed by atoms with E-state index in [0.717, 1.165) is 25.7 Å². The molecule has 0 amide bonds. The van der Waals surface area contributed by atoms with E-state index < -0.39 is 5.97 Å². The second kappa shape index (κ2) is 5.14. The van der Waals surface area contributed by atoms with E-state index in [2.05, 4.69) is 0 Å². The Labute approximate surface area is 90.1 Å². The second-order valence-corrected chi connectivity index (χ2v) is 2.95. The minimum absolute atomic E-state index is 0. The summed E-state index contributed by atoms with van der Waals surface area (Å²) < 4.78 is 0. The number of carboxylic acids is 1. The van der Waals surface area contributed by atoms with Gasteiger partial charge in [0.2, 0.25) is 0 Å². The van der Waals surface area contributed by atoms with Crippen molar-refractivity contribution in [3.63, 3.8) is 0 Å². The van der Waals surface area contributed by atoms with Gasteiger partial charge in [-0.15, -0.1) is 0 Å². The van der Waals surface area contributed by atoms with Gasteiger partial charge < -0.3 is 12.3 Å². The summed E-state index contributed by atoms with van der Waals surface area (Å²) in [6.07, 6.45) is 3.26. The second-order valence-electron chi connectivity index (χ2n) is 2.95. The number of hydrogen-bond donors (Lipinski definition) is 2. The maximum atomic E-state index is 10.4. The number of rotatable bonds is 1. The first-order valence-corrected chi connectivity index (χ1v) is 3.68. The first-order chi connectivity index (χ1) is 4.70. The summed E-state index contributed by atoms with van der Waals surface area (Å²) in [5.41, 5.74) is 5.60. The normalized spacial score (nSPS) is 30.6. The van der Waals surface area contributed by atoms with E-state index in [1.807, 2.05) is 0 Å². The molecule has 1 fully saturated rings. The fourth-order valence-corrected chi connectivity index (χ4v) is 1.37. The molecule has 1 rings (SSSR count). The fourth-order valence-electron chi connectivity index (χ4n) is 1.37. The van der Waals surface area contributed by atoms with Gasteiger partial charge in [-0.1, -0.05) is 0 Å². The van der Waals surface area contributed by atoms with Crippen molar-refractivity contribution in [2.45, 2.75) is 31.7 Å². The molecular weight excluding hydrogens is 153 g/mol. The molecule has 0 radical (unpaired) electrons. The molecule has 0 saturated heterocycles. The van der Waals surface area contributed by atoms with Gasteiger partial charge in [-0.05, 0) is 25.7 Å². The Morgan fingerprint density at radius 2 is 1.82 bits per heavy atom. The predicted octanol–water partition coefficient (Wildman–Crippen LogP) is -2.29. The van der Waals surface area contributed by atoms with Crippen LogP contribution in [0.25, 0.3) is 0 Å². The molecule has 0 aromatic rings. The van der Waals surface area contributed by atoms with Crippen LogP contribution in [0.15, 0.2) is 0 Å². The molecule has 3 N–H and O–H groups in total. The number of carboxylic acid groups (broad SMARTS) is 1. The molecule has 0 spiro atoms. The Hall–Kier alpha value is 0.430. The topological polar surface area (TPSA) is 63.3 Å². The zero-order valence-corrected chi connectivity index (χ0v) is 8.92. The van der Waals surface area contributed by atoms with Crippen LogP contribution in [0.5, 0.6) is 0 Å². The average Bonchev–Trinajstić information content (AvgIpc) is 1.88. The van der Waals surface area contributed by atoms with Gasteiger partial charge in [0.1, 0.15) is 0 Å². The number of carbonyl (C=O) groups is 1. The van der Waals surface area contributed by atoms with E-state index in [9.17, 15) is 4.79 Å². The van der Waals surface area contributed by atoms with Crippen molar-refractivity contribution in [2.24, 2.45) is 11.7 Å². The molecule has 0 unspecified atom stereocenters. The van der Waals surface area contributed by atoms with Crippen molar-refractivity contribution in [3.05, 3.63) is 0 Å². The number of aliphatic carboxylic acids is 1. The van der Waals surface area contributed by atoms with Crippen LogP contribution in [-0.4, -0.2) is 17.1 Å². The van der Waals surface area contributed by atoms with Gasteiger partial charge in [-0.25, -0.2) is 0 Å². The molecule has 60 valence electrons. The van der Waals surface area contributed by atoms with Crippen LogP contribution in [0.2, 0.25) is 0 Å². The van der Waals surface area contributed by atoms with Gasteiger partial charge in [0.05, 0.1) is 5.92 Å². The molecule has 3 nitrogen and oxygen atoms in total. The summed E-state index contributed by atoms with van der Waals surface area (Å²) in [7, 11) is 0. The largest absolute Gasteiger partial charge is 1.00 e. The SMILES string of the molecule is NC1CCC(C(=O)O)CC1.[H-].[Na+]. The van der Waals surface area contributed by atoms with Gasteiger partial charge in [-0.3, -0.25) is 4.79 Å². The Balaban J connectivity index is 0. The predicted molar refractivity (Wildman–Crippen MR) is 38.7 cm³/mol. The van der Waals surface area contributed by atoms with Crippen molar-refractivity contribution < 1.29 is 40.9 Å². The monoisotopic (exact) mass is 167 g/mol. The summed E-state index contributed by atoms with van der Waals surface area (Å²) >= 11 is 0. The van der Waals surface area contributed by atoms with E-state index in [-0.39, 0.29) is 42.9 Å². The molecule has 0 aromatic heterocycles. The van der Waals surface area contributed by atoms with Crippen LogP contribution < -0.4 is 35.3 Å². The fraction of sp³-hybridized carbons (Fsp3) is 0.857. The maximum Gasteiger partial charge on any atom is 1.00 e. The molecule has 0 aromatic carbocycles. The van der Waals surface area contributed by atoms with Crippen molar-refractivity contribution >= 4 is 5.97 Å². The van der Waals surface area contributed by atoms with Crippen molar-refractivity contribution in [3.8, 4) is 0 Å². The van der Waals surface area contributed by atoms with Gasteiger partial charge in [0.25, 0.3) is 0 Å². The minimum atomic E-state index is -0.660. The third-order valence-electron chi connectivity index (χ3n) is 2.12. The van der Waals surface area contributed by atoms with Crippen LogP contribution in [-0.2, 0) is 4.79 Å². The quantitative estimate of drug-likeness (QED) is 0.432. The van der Waals surface area contributed by atoms with E-state index >= 15 is 0 Å². The Kier molecular flexibility index (Phi) is 5.34. The molecule has 1 saturated carbocycles. The van der Waals surface area contributed by atoms with Crippen LogP contribution in [0.1, 0.15) is 27.1 Å². The molecule has 1 aliphatic rings. The third-order valence-corrected chi connectivity index (χ3v) is 2.12. The van der Waals surface area contributed by atoms with E-state index in [1.54, 1.807) is 0 Å². The molecule has 11 heavy (non-hydrogen) atoms. The zero-order chi connectivity index (χ0) is 7.56. The minimum Gasteiger partial charge on any atom is -1.00 e. The van der Waals surface area contributed by atoms with Gasteiger partial charge in [-0.2, -0.15) is 0 Å². The maximum absolute atomic E-state index is 10.4. The molecule has 0 bridgehead atoms. The molecule has 4 heteroatoms. The Bertz CT molecular complexity index is 137. The number of nitrogens with two attached hydrogens (primary N) is 1. The molecular formula is C7H14NNaO2. The van der Waals surface area contributed by atoms with Crippen LogP contribution in [0, 0.1) is 5.92 Å². The van der Waals surface area contributed by atoms with Crippen molar-refractivity contribution in [1.29, 1.82) is 0 Å². The summed E-state index contributed by atoms with van der Waals surface area (Å²) in [5.74, 6) is -0.785. The van der Waals surface area contributed by atoms with Crippen LogP contribution in [0.3, 0.4) is 0 Å². The van der Waals surface area contributed by atoms with Gasteiger partial charge >= 0.3 is 35.5 Å². The third kappa shape index (κ3) is 3.56. The van der Waals surface area contributed by atoms with Crippen LogP contribution >= 0.6 is 0 Å². The standard InChI is InChI=1S/C7H13NO2.Na.H/c8-6-3-1-5(2-4-6)7(9)10;;/h5-6H,1-4,8H2,(H,9,10);;/q;+1;-1. The van der Waals surface area contributed by atoms with Crippen LogP contribution in [0.4, 0.5) is 0 Å². The molecule has 0 aliphatic heterocycles. The van der Waals surface area contributed by atoms with E-state index in [1.165, 1.54) is 0 Å². The van der Waals surface area contributed by atoms with Gasteiger partial charge in [0, 0.05) is 6.04 Å².